The van der Waals surface area contributed by atoms with Crippen LogP contribution in [-0.2, 0) is 0 Å². The average molecular weight is 210 g/mol. The Hall–Kier alpha value is 1.26. The van der Waals surface area contributed by atoms with Crippen LogP contribution in [-0.4, -0.2) is 19.1 Å². The third kappa shape index (κ3) is 5.26. The van der Waals surface area contributed by atoms with Gasteiger partial charge in [-0.3, -0.25) is 0 Å². The lowest BCUT2D eigenvalue weighted by Crippen LogP contribution is -1.91. The van der Waals surface area contributed by atoms with E-state index >= 15 is 0 Å². The van der Waals surface area contributed by atoms with E-state index in [1.54, 1.807) is 0 Å². The minimum atomic E-state index is 0.785. The first-order chi connectivity index (χ1) is 2.77. The molecule has 0 aliphatic carbocycles. The quantitative estimate of drug-likeness (QED) is 0.369. The summed E-state index contributed by atoms with van der Waals surface area (Å²) < 4.78 is 0.785. The van der Waals surface area contributed by atoms with Gasteiger partial charge in [0, 0.05) is 0 Å². The van der Waals surface area contributed by atoms with E-state index < -0.39 is 0 Å². The smallest absolute Gasteiger partial charge is 0.101 e. The van der Waals surface area contributed by atoms with Crippen molar-refractivity contribution in [2.75, 3.05) is 0 Å². The van der Waals surface area contributed by atoms with Crippen molar-refractivity contribution in [3.05, 3.63) is 0 Å². The van der Waals surface area contributed by atoms with Crippen molar-refractivity contribution in [3.8, 4) is 0 Å². The van der Waals surface area contributed by atoms with Crippen molar-refractivity contribution in [1.29, 1.82) is 0 Å². The molecule has 1 atom stereocenters. The zero-order chi connectivity index (χ0) is 4.99. The number of hydrogen-bond donors (Lipinski definition) is 0. The van der Waals surface area contributed by atoms with Crippen LogP contribution < -0.4 is 0 Å². The first-order valence-electron chi connectivity index (χ1n) is 2.17. The van der Waals surface area contributed by atoms with Crippen LogP contribution in [0, 0.1) is 0 Å². The molecule has 0 bridgehead atoms. The molecule has 0 aliphatic rings. The van der Waals surface area contributed by atoms with Gasteiger partial charge in [0.15, 0.2) is 0 Å². The predicted molar refractivity (Wildman–Crippen MR) is 38.5 cm³/mol. The molecular formula is C4H8AlI. The first kappa shape index (κ1) is 7.26. The molecule has 0 fully saturated rings. The monoisotopic (exact) mass is 210 g/mol. The van der Waals surface area contributed by atoms with E-state index in [-0.39, 0.29) is 0 Å². The van der Waals surface area contributed by atoms with E-state index in [2.05, 4.69) is 45.8 Å². The molecule has 0 N–H and O–H groups in total. The van der Waals surface area contributed by atoms with Crippen molar-refractivity contribution in [2.24, 2.45) is 0 Å². The molecule has 0 nitrogen and oxygen atoms in total. The van der Waals surface area contributed by atoms with Crippen LogP contribution in [0.15, 0.2) is 0 Å². The van der Waals surface area contributed by atoms with Crippen molar-refractivity contribution < 1.29 is 0 Å². The van der Waals surface area contributed by atoms with Crippen LogP contribution >= 0.6 is 22.6 Å². The maximum absolute atomic E-state index is 2.77. The van der Waals surface area contributed by atoms with Crippen LogP contribution in [0.25, 0.3) is 0 Å². The van der Waals surface area contributed by atoms with Crippen LogP contribution in [0.3, 0.4) is 0 Å². The number of halogens is 1. The highest BCUT2D eigenvalue weighted by molar-refractivity contribution is 14.1. The van der Waals surface area contributed by atoms with Crippen LogP contribution in [0.1, 0.15) is 19.8 Å². The van der Waals surface area contributed by atoms with Crippen LogP contribution in [0.5, 0.6) is 0 Å². The fourth-order valence-electron chi connectivity index (χ4n) is 0.276. The third-order valence-electron chi connectivity index (χ3n) is 0.564. The van der Waals surface area contributed by atoms with E-state index in [4.69, 9.17) is 0 Å². The second-order valence-electron chi connectivity index (χ2n) is 1.30. The maximum Gasteiger partial charge on any atom is 0.141 e. The molecule has 0 aromatic heterocycles. The topological polar surface area (TPSA) is 0 Å². The van der Waals surface area contributed by atoms with Gasteiger partial charge in [0.25, 0.3) is 0 Å². The molecule has 0 aromatic carbocycles. The average Bonchev–Trinajstić information content (AvgIpc) is 1.35. The lowest BCUT2D eigenvalue weighted by Gasteiger charge is -1.95. The van der Waals surface area contributed by atoms with Gasteiger partial charge < -0.3 is 0 Å². The standard InChI is InChI=1S/C4H8I.Al/c1-2-3-4-5;/h4H,2-3H2,1H3;. The second kappa shape index (κ2) is 4.42. The normalized spacial score (nSPS) is 14.3. The van der Waals surface area contributed by atoms with Gasteiger partial charge >= 0.3 is 0 Å². The molecule has 1 unspecified atom stereocenters. The lowest BCUT2D eigenvalue weighted by atomic mass is 10.4. The number of rotatable bonds is 2. The van der Waals surface area contributed by atoms with Crippen molar-refractivity contribution >= 4 is 38.9 Å². The fourth-order valence-corrected chi connectivity index (χ4v) is 1.23. The Bertz CT molecular complexity index is 28.7. The summed E-state index contributed by atoms with van der Waals surface area (Å²) in [6.45, 7) is 2.20. The van der Waals surface area contributed by atoms with Crippen LogP contribution in [0.4, 0.5) is 0 Å². The molecule has 0 saturated carbocycles. The minimum absolute atomic E-state index is 0.785. The lowest BCUT2D eigenvalue weighted by molar-refractivity contribution is 0.878. The second-order valence-corrected chi connectivity index (χ2v) is 5.07. The molecule has 0 saturated heterocycles. The van der Waals surface area contributed by atoms with Gasteiger partial charge in [-0.05, 0) is 0 Å². The highest BCUT2D eigenvalue weighted by Gasteiger charge is 1.86. The third-order valence-corrected chi connectivity index (χ3v) is 1.52. The molecule has 2 radical (unpaired) electrons. The maximum atomic E-state index is 2.77. The molecule has 0 aromatic rings. The molecule has 34 valence electrons. The Labute approximate surface area is 61.3 Å². The zero-order valence-electron chi connectivity index (χ0n) is 3.95. The molecule has 0 heterocycles. The summed E-state index contributed by atoms with van der Waals surface area (Å²) in [4.78, 5) is 0. The predicted octanol–water partition coefficient (Wildman–Crippen LogP) is 1.72. The summed E-state index contributed by atoms with van der Waals surface area (Å²) >= 11 is 5.17. The summed E-state index contributed by atoms with van der Waals surface area (Å²) in [5, 5.41) is 0. The molecule has 0 aliphatic heterocycles. The SMILES string of the molecule is CCC[CH]([Al])I. The minimum Gasteiger partial charge on any atom is -0.101 e. The van der Waals surface area contributed by atoms with Crippen LogP contribution in [0.2, 0.25) is 0 Å². The van der Waals surface area contributed by atoms with E-state index in [0.717, 1.165) is 2.79 Å². The highest BCUT2D eigenvalue weighted by atomic mass is 127. The Morgan fingerprint density at radius 3 is 2.33 bits per heavy atom. The van der Waals surface area contributed by atoms with Gasteiger partial charge in [-0.15, -0.1) is 22.6 Å². The summed E-state index contributed by atoms with van der Waals surface area (Å²) in [5.41, 5.74) is 0. The number of hydrogen-bond acceptors (Lipinski definition) is 0. The molecule has 0 rings (SSSR count). The summed E-state index contributed by atoms with van der Waals surface area (Å²) in [5.74, 6) is 0. The molecular weight excluding hydrogens is 202 g/mol. The van der Waals surface area contributed by atoms with Gasteiger partial charge in [-0.2, -0.15) is 0 Å². The van der Waals surface area contributed by atoms with E-state index in [1.807, 2.05) is 0 Å². The Morgan fingerprint density at radius 2 is 2.33 bits per heavy atom. The van der Waals surface area contributed by atoms with Crippen molar-refractivity contribution in [1.82, 2.24) is 0 Å². The van der Waals surface area contributed by atoms with Crippen molar-refractivity contribution in [2.45, 2.75) is 22.6 Å². The molecule has 2 heteroatoms. The van der Waals surface area contributed by atoms with Gasteiger partial charge in [-0.1, -0.05) is 22.6 Å². The highest BCUT2D eigenvalue weighted by Crippen LogP contribution is 2.01. The molecule has 6 heavy (non-hydrogen) atoms. The van der Waals surface area contributed by atoms with E-state index in [9.17, 15) is 0 Å². The van der Waals surface area contributed by atoms with Gasteiger partial charge in [0.1, 0.15) is 16.3 Å². The van der Waals surface area contributed by atoms with Crippen molar-refractivity contribution in [3.63, 3.8) is 0 Å². The summed E-state index contributed by atoms with van der Waals surface area (Å²) in [6.07, 6.45) is 2.63. The van der Waals surface area contributed by atoms with E-state index in [0.29, 0.717) is 0 Å². The fraction of sp³-hybridized carbons (Fsp3) is 1.00. The Balaban J connectivity index is 2.63. The molecule has 0 spiro atoms. The summed E-state index contributed by atoms with van der Waals surface area (Å²) in [6, 6.07) is 0. The Kier molecular flexibility index (Phi) is 5.35. The largest absolute Gasteiger partial charge is 0.141 e. The van der Waals surface area contributed by atoms with E-state index in [1.165, 1.54) is 12.8 Å². The van der Waals surface area contributed by atoms with Gasteiger partial charge in [0.05, 0.1) is 0 Å². The Morgan fingerprint density at radius 1 is 1.83 bits per heavy atom. The van der Waals surface area contributed by atoms with Gasteiger partial charge in [0.2, 0.25) is 0 Å². The zero-order valence-corrected chi connectivity index (χ0v) is 7.26. The summed E-state index contributed by atoms with van der Waals surface area (Å²) in [7, 11) is 0. The first-order valence-corrected chi connectivity index (χ1v) is 4.08. The number of alkyl halides is 1. The molecule has 0 amide bonds. The van der Waals surface area contributed by atoms with Gasteiger partial charge in [-0.25, -0.2) is 0 Å².